The van der Waals surface area contributed by atoms with Crippen molar-refractivity contribution in [1.29, 1.82) is 0 Å². The summed E-state index contributed by atoms with van der Waals surface area (Å²) in [4.78, 5) is 0. The number of aromatic nitrogens is 2. The molecule has 0 amide bonds. The van der Waals surface area contributed by atoms with Gasteiger partial charge in [0.05, 0.1) is 5.69 Å². The second-order valence-corrected chi connectivity index (χ2v) is 5.01. The third kappa shape index (κ3) is 3.87. The summed E-state index contributed by atoms with van der Waals surface area (Å²) >= 11 is 0. The van der Waals surface area contributed by atoms with Gasteiger partial charge in [-0.05, 0) is 31.5 Å². The molecule has 1 aromatic heterocycles. The molecule has 21 heavy (non-hydrogen) atoms. The molecule has 0 aliphatic heterocycles. The molecule has 4 heteroatoms. The Morgan fingerprint density at radius 3 is 2.52 bits per heavy atom. The molecule has 2 rings (SSSR count). The molecule has 110 valence electrons. The Morgan fingerprint density at radius 1 is 1.24 bits per heavy atom. The van der Waals surface area contributed by atoms with Crippen LogP contribution < -0.4 is 10.1 Å². The van der Waals surface area contributed by atoms with Crippen molar-refractivity contribution < 1.29 is 4.74 Å². The van der Waals surface area contributed by atoms with Crippen LogP contribution in [-0.2, 0) is 20.1 Å². The van der Waals surface area contributed by atoms with Gasteiger partial charge in [-0.3, -0.25) is 4.68 Å². The number of benzene rings is 1. The van der Waals surface area contributed by atoms with Crippen molar-refractivity contribution in [1.82, 2.24) is 15.1 Å². The van der Waals surface area contributed by atoms with Crippen LogP contribution in [-0.4, -0.2) is 16.4 Å². The predicted molar refractivity (Wildman–Crippen MR) is 84.0 cm³/mol. The zero-order chi connectivity index (χ0) is 15.2. The Hall–Kier alpha value is -2.25. The van der Waals surface area contributed by atoms with E-state index in [1.54, 1.807) is 0 Å². The van der Waals surface area contributed by atoms with Crippen LogP contribution in [0.3, 0.4) is 0 Å². The van der Waals surface area contributed by atoms with Gasteiger partial charge in [0.2, 0.25) is 0 Å². The van der Waals surface area contributed by atoms with Gasteiger partial charge in [0.15, 0.2) is 0 Å². The molecule has 0 atom stereocenters. The van der Waals surface area contributed by atoms with E-state index in [2.05, 4.69) is 23.3 Å². The van der Waals surface area contributed by atoms with Crippen molar-refractivity contribution in [2.75, 3.05) is 6.61 Å². The second-order valence-electron chi connectivity index (χ2n) is 5.01. The van der Waals surface area contributed by atoms with Crippen LogP contribution in [0.5, 0.6) is 5.75 Å². The lowest BCUT2D eigenvalue weighted by atomic mass is 10.2. The molecule has 0 fully saturated rings. The van der Waals surface area contributed by atoms with Crippen molar-refractivity contribution in [3.63, 3.8) is 0 Å². The molecule has 0 aliphatic carbocycles. The van der Waals surface area contributed by atoms with E-state index in [1.165, 1.54) is 16.8 Å². The van der Waals surface area contributed by atoms with Crippen LogP contribution in [0, 0.1) is 26.2 Å². The molecule has 2 aromatic rings. The minimum Gasteiger partial charge on any atom is -0.481 e. The van der Waals surface area contributed by atoms with Crippen molar-refractivity contribution in [3.8, 4) is 18.1 Å². The third-order valence-corrected chi connectivity index (χ3v) is 3.54. The quantitative estimate of drug-likeness (QED) is 0.827. The molecular weight excluding hydrogens is 262 g/mol. The van der Waals surface area contributed by atoms with Gasteiger partial charge in [0.25, 0.3) is 0 Å². The maximum Gasteiger partial charge on any atom is 0.148 e. The summed E-state index contributed by atoms with van der Waals surface area (Å²) in [5.41, 5.74) is 4.77. The van der Waals surface area contributed by atoms with E-state index in [9.17, 15) is 0 Å². The molecule has 0 aliphatic rings. The average Bonchev–Trinajstić information content (AvgIpc) is 2.72. The summed E-state index contributed by atoms with van der Waals surface area (Å²) in [5.74, 6) is 3.25. The predicted octanol–water partition coefficient (Wildman–Crippen LogP) is 2.34. The Kier molecular flexibility index (Phi) is 5.02. The van der Waals surface area contributed by atoms with Crippen LogP contribution in [0.25, 0.3) is 0 Å². The van der Waals surface area contributed by atoms with Gasteiger partial charge in [-0.15, -0.1) is 6.42 Å². The summed E-state index contributed by atoms with van der Waals surface area (Å²) in [7, 11) is 1.97. The molecule has 0 saturated carbocycles. The van der Waals surface area contributed by atoms with E-state index < -0.39 is 0 Å². The van der Waals surface area contributed by atoms with Crippen LogP contribution >= 0.6 is 0 Å². The Bertz CT molecular complexity index is 635. The number of hydrogen-bond donors (Lipinski definition) is 1. The first-order chi connectivity index (χ1) is 10.1. The summed E-state index contributed by atoms with van der Waals surface area (Å²) < 4.78 is 7.27. The number of terminal acetylenes is 1. The number of nitrogens with one attached hydrogen (secondary N) is 1. The number of ether oxygens (including phenoxy) is 1. The zero-order valence-corrected chi connectivity index (χ0v) is 12.8. The molecular formula is C17H21N3O. The van der Waals surface area contributed by atoms with Crippen molar-refractivity contribution >= 4 is 0 Å². The maximum atomic E-state index is 5.35. The van der Waals surface area contributed by atoms with Gasteiger partial charge in [-0.1, -0.05) is 18.1 Å². The summed E-state index contributed by atoms with van der Waals surface area (Å²) in [6, 6.07) is 7.97. The van der Waals surface area contributed by atoms with Gasteiger partial charge in [-0.2, -0.15) is 5.10 Å². The van der Waals surface area contributed by atoms with Crippen molar-refractivity contribution in [3.05, 3.63) is 46.8 Å². The molecule has 0 saturated heterocycles. The zero-order valence-electron chi connectivity index (χ0n) is 12.8. The highest BCUT2D eigenvalue weighted by molar-refractivity contribution is 5.28. The number of hydrogen-bond acceptors (Lipinski definition) is 3. The summed E-state index contributed by atoms with van der Waals surface area (Å²) in [6.07, 6.45) is 5.16. The average molecular weight is 283 g/mol. The first-order valence-corrected chi connectivity index (χ1v) is 6.97. The Balaban J connectivity index is 1.87. The van der Waals surface area contributed by atoms with Crippen LogP contribution in [0.1, 0.15) is 22.5 Å². The molecule has 1 N–H and O–H groups in total. The normalized spacial score (nSPS) is 10.4. The van der Waals surface area contributed by atoms with Gasteiger partial charge >= 0.3 is 0 Å². The van der Waals surface area contributed by atoms with Crippen molar-refractivity contribution in [2.24, 2.45) is 7.05 Å². The van der Waals surface area contributed by atoms with Crippen LogP contribution in [0.2, 0.25) is 0 Å². The lowest BCUT2D eigenvalue weighted by Crippen LogP contribution is -2.13. The second kappa shape index (κ2) is 6.96. The topological polar surface area (TPSA) is 39.1 Å². The van der Waals surface area contributed by atoms with Crippen LogP contribution in [0.4, 0.5) is 0 Å². The SMILES string of the molecule is C#CCOc1ccc(CNCc2c(C)nn(C)c2C)cc1. The molecule has 1 aromatic carbocycles. The van der Waals surface area contributed by atoms with Crippen molar-refractivity contribution in [2.45, 2.75) is 26.9 Å². The number of nitrogens with zero attached hydrogens (tertiary/aromatic N) is 2. The Labute approximate surface area is 126 Å². The summed E-state index contributed by atoms with van der Waals surface area (Å²) in [5, 5.41) is 7.87. The molecule has 0 bridgehead atoms. The lowest BCUT2D eigenvalue weighted by Gasteiger charge is -2.07. The molecule has 0 radical (unpaired) electrons. The minimum atomic E-state index is 0.303. The largest absolute Gasteiger partial charge is 0.481 e. The molecule has 1 heterocycles. The number of rotatable bonds is 6. The fourth-order valence-corrected chi connectivity index (χ4v) is 2.23. The highest BCUT2D eigenvalue weighted by Crippen LogP contribution is 2.13. The summed E-state index contributed by atoms with van der Waals surface area (Å²) in [6.45, 7) is 6.07. The fraction of sp³-hybridized carbons (Fsp3) is 0.353. The van der Waals surface area contributed by atoms with Gasteiger partial charge < -0.3 is 10.1 Å². The van der Waals surface area contributed by atoms with E-state index in [-0.39, 0.29) is 0 Å². The van der Waals surface area contributed by atoms with E-state index in [0.717, 1.165) is 24.5 Å². The van der Waals surface area contributed by atoms with E-state index in [1.807, 2.05) is 42.9 Å². The third-order valence-electron chi connectivity index (χ3n) is 3.54. The first kappa shape index (κ1) is 15.1. The van der Waals surface area contributed by atoms with E-state index in [0.29, 0.717) is 6.61 Å². The van der Waals surface area contributed by atoms with Gasteiger partial charge in [0, 0.05) is 31.4 Å². The van der Waals surface area contributed by atoms with Gasteiger partial charge in [0.1, 0.15) is 12.4 Å². The first-order valence-electron chi connectivity index (χ1n) is 6.97. The maximum absolute atomic E-state index is 5.35. The molecule has 0 unspecified atom stereocenters. The standard InChI is InChI=1S/C17H21N3O/c1-5-10-21-16-8-6-15(7-9-16)11-18-12-17-13(2)19-20(4)14(17)3/h1,6-9,18H,10-12H2,2-4H3. The fourth-order valence-electron chi connectivity index (χ4n) is 2.23. The molecule has 4 nitrogen and oxygen atoms in total. The smallest absolute Gasteiger partial charge is 0.148 e. The minimum absolute atomic E-state index is 0.303. The Morgan fingerprint density at radius 2 is 1.95 bits per heavy atom. The number of aryl methyl sites for hydroxylation is 2. The highest BCUT2D eigenvalue weighted by atomic mass is 16.5. The van der Waals surface area contributed by atoms with E-state index >= 15 is 0 Å². The molecule has 0 spiro atoms. The lowest BCUT2D eigenvalue weighted by molar-refractivity contribution is 0.370. The highest BCUT2D eigenvalue weighted by Gasteiger charge is 2.08. The van der Waals surface area contributed by atoms with E-state index in [4.69, 9.17) is 11.2 Å². The monoisotopic (exact) mass is 283 g/mol. The van der Waals surface area contributed by atoms with Gasteiger partial charge in [-0.25, -0.2) is 0 Å². The van der Waals surface area contributed by atoms with Crippen LogP contribution in [0.15, 0.2) is 24.3 Å².